The summed E-state index contributed by atoms with van der Waals surface area (Å²) < 4.78 is 6.75. The van der Waals surface area contributed by atoms with Crippen molar-refractivity contribution in [2.75, 3.05) is 6.61 Å². The van der Waals surface area contributed by atoms with E-state index in [4.69, 9.17) is 4.74 Å². The van der Waals surface area contributed by atoms with Crippen molar-refractivity contribution < 1.29 is 14.3 Å². The molecule has 7 nitrogen and oxygen atoms in total. The molecule has 2 heterocycles. The average molecular weight is 328 g/mol. The third-order valence-corrected chi connectivity index (χ3v) is 4.19. The van der Waals surface area contributed by atoms with Crippen LogP contribution in [0.1, 0.15) is 41.7 Å². The molecule has 2 aromatic rings. The molecule has 0 saturated heterocycles. The summed E-state index contributed by atoms with van der Waals surface area (Å²) in [5.74, 6) is -0.802. The van der Waals surface area contributed by atoms with Gasteiger partial charge in [0.2, 0.25) is 0 Å². The highest BCUT2D eigenvalue weighted by Crippen LogP contribution is 2.17. The molecule has 1 N–H and O–H groups in total. The standard InChI is InChI=1S/C17H20N4O3/c1-12-15(10-19-21(12)14-6-8-18-9-7-14)17(23)24-11-16(22)20-13-4-2-3-5-13/h6-10,13H,2-5,11H2,1H3,(H,20,22). The van der Waals surface area contributed by atoms with Crippen molar-refractivity contribution in [2.24, 2.45) is 0 Å². The van der Waals surface area contributed by atoms with Crippen LogP contribution in [0, 0.1) is 6.92 Å². The third kappa shape index (κ3) is 3.61. The average Bonchev–Trinajstić information content (AvgIpc) is 3.23. The van der Waals surface area contributed by atoms with Gasteiger partial charge in [-0.15, -0.1) is 0 Å². The minimum absolute atomic E-state index is 0.215. The number of rotatable bonds is 5. The van der Waals surface area contributed by atoms with Gasteiger partial charge in [0.15, 0.2) is 6.61 Å². The van der Waals surface area contributed by atoms with Gasteiger partial charge >= 0.3 is 5.97 Å². The maximum atomic E-state index is 12.2. The summed E-state index contributed by atoms with van der Waals surface area (Å²) in [7, 11) is 0. The van der Waals surface area contributed by atoms with Crippen LogP contribution in [0.2, 0.25) is 0 Å². The van der Waals surface area contributed by atoms with Crippen LogP contribution in [0.25, 0.3) is 5.69 Å². The first-order chi connectivity index (χ1) is 11.6. The van der Waals surface area contributed by atoms with E-state index in [0.717, 1.165) is 31.4 Å². The Morgan fingerprint density at radius 1 is 1.29 bits per heavy atom. The molecule has 0 radical (unpaired) electrons. The first-order valence-electron chi connectivity index (χ1n) is 8.06. The summed E-state index contributed by atoms with van der Waals surface area (Å²) in [5.41, 5.74) is 1.81. The van der Waals surface area contributed by atoms with Crippen LogP contribution in [0.5, 0.6) is 0 Å². The van der Waals surface area contributed by atoms with Gasteiger partial charge in [0, 0.05) is 18.4 Å². The first kappa shape index (κ1) is 16.2. The Kier molecular flexibility index (Phi) is 4.88. The number of hydrogen-bond donors (Lipinski definition) is 1. The largest absolute Gasteiger partial charge is 0.452 e. The molecule has 1 aliphatic rings. The summed E-state index contributed by atoms with van der Waals surface area (Å²) in [5, 5.41) is 7.09. The van der Waals surface area contributed by atoms with Gasteiger partial charge in [-0.05, 0) is 31.9 Å². The van der Waals surface area contributed by atoms with Crippen molar-refractivity contribution in [3.63, 3.8) is 0 Å². The number of nitrogens with zero attached hydrogens (tertiary/aromatic N) is 3. The van der Waals surface area contributed by atoms with Gasteiger partial charge in [-0.1, -0.05) is 12.8 Å². The molecule has 0 unspecified atom stereocenters. The first-order valence-corrected chi connectivity index (χ1v) is 8.06. The van der Waals surface area contributed by atoms with Crippen LogP contribution in [0.15, 0.2) is 30.7 Å². The molecule has 2 aromatic heterocycles. The number of esters is 1. The quantitative estimate of drug-likeness (QED) is 0.846. The van der Waals surface area contributed by atoms with E-state index in [2.05, 4.69) is 15.4 Å². The lowest BCUT2D eigenvalue weighted by Crippen LogP contribution is -2.35. The second-order valence-electron chi connectivity index (χ2n) is 5.89. The number of aromatic nitrogens is 3. The Labute approximate surface area is 140 Å². The lowest BCUT2D eigenvalue weighted by Gasteiger charge is -2.11. The molecule has 126 valence electrons. The lowest BCUT2D eigenvalue weighted by atomic mass is 10.2. The molecule has 24 heavy (non-hydrogen) atoms. The highest BCUT2D eigenvalue weighted by Gasteiger charge is 2.20. The minimum atomic E-state index is -0.547. The van der Waals surface area contributed by atoms with Crippen LogP contribution in [0.4, 0.5) is 0 Å². The Morgan fingerprint density at radius 3 is 2.71 bits per heavy atom. The zero-order chi connectivity index (χ0) is 16.9. The normalized spacial score (nSPS) is 14.5. The van der Waals surface area contributed by atoms with E-state index in [1.807, 2.05) is 0 Å². The van der Waals surface area contributed by atoms with Gasteiger partial charge in [-0.2, -0.15) is 5.10 Å². The SMILES string of the molecule is Cc1c(C(=O)OCC(=O)NC2CCCC2)cnn1-c1ccncc1. The van der Waals surface area contributed by atoms with E-state index in [-0.39, 0.29) is 18.6 Å². The maximum absolute atomic E-state index is 12.2. The fourth-order valence-corrected chi connectivity index (χ4v) is 2.90. The minimum Gasteiger partial charge on any atom is -0.452 e. The number of amides is 1. The molecule has 0 aromatic carbocycles. The summed E-state index contributed by atoms with van der Waals surface area (Å²) >= 11 is 0. The van der Waals surface area contributed by atoms with E-state index in [9.17, 15) is 9.59 Å². The molecule has 1 amide bonds. The van der Waals surface area contributed by atoms with Crippen LogP contribution in [0.3, 0.4) is 0 Å². The lowest BCUT2D eigenvalue weighted by molar-refractivity contribution is -0.124. The molecule has 3 rings (SSSR count). The van der Waals surface area contributed by atoms with Crippen LogP contribution in [-0.2, 0) is 9.53 Å². The van der Waals surface area contributed by atoms with E-state index in [0.29, 0.717) is 11.3 Å². The van der Waals surface area contributed by atoms with Crippen molar-refractivity contribution in [2.45, 2.75) is 38.6 Å². The second kappa shape index (κ2) is 7.25. The summed E-state index contributed by atoms with van der Waals surface area (Å²) in [6.45, 7) is 1.51. The molecule has 0 atom stereocenters. The second-order valence-corrected chi connectivity index (χ2v) is 5.89. The summed E-state index contributed by atoms with van der Waals surface area (Å²) in [4.78, 5) is 28.0. The molecule has 0 bridgehead atoms. The smallest absolute Gasteiger partial charge is 0.342 e. The predicted octanol–water partition coefficient (Wildman–Crippen LogP) is 1.79. The van der Waals surface area contributed by atoms with E-state index >= 15 is 0 Å². The maximum Gasteiger partial charge on any atom is 0.342 e. The molecule has 7 heteroatoms. The Balaban J connectivity index is 1.59. The number of carbonyl (C=O) groups excluding carboxylic acids is 2. The van der Waals surface area contributed by atoms with Crippen LogP contribution in [-0.4, -0.2) is 39.3 Å². The molecule has 1 saturated carbocycles. The van der Waals surface area contributed by atoms with Crippen molar-refractivity contribution >= 4 is 11.9 Å². The van der Waals surface area contributed by atoms with Gasteiger partial charge in [0.05, 0.1) is 17.6 Å². The zero-order valence-corrected chi connectivity index (χ0v) is 13.6. The zero-order valence-electron chi connectivity index (χ0n) is 13.6. The van der Waals surface area contributed by atoms with Crippen molar-refractivity contribution in [3.8, 4) is 5.69 Å². The Bertz CT molecular complexity index is 721. The van der Waals surface area contributed by atoms with Crippen LogP contribution >= 0.6 is 0 Å². The highest BCUT2D eigenvalue weighted by atomic mass is 16.5. The van der Waals surface area contributed by atoms with Crippen LogP contribution < -0.4 is 5.32 Å². The molecule has 0 aliphatic heterocycles. The predicted molar refractivity (Wildman–Crippen MR) is 86.8 cm³/mol. The fraction of sp³-hybridized carbons (Fsp3) is 0.412. The van der Waals surface area contributed by atoms with E-state index in [1.165, 1.54) is 6.20 Å². The topological polar surface area (TPSA) is 86.1 Å². The molecule has 1 aliphatic carbocycles. The van der Waals surface area contributed by atoms with Crippen molar-refractivity contribution in [1.29, 1.82) is 0 Å². The van der Waals surface area contributed by atoms with Gasteiger partial charge in [-0.25, -0.2) is 9.48 Å². The molecule has 1 fully saturated rings. The van der Waals surface area contributed by atoms with E-state index in [1.54, 1.807) is 36.1 Å². The van der Waals surface area contributed by atoms with Gasteiger partial charge in [-0.3, -0.25) is 9.78 Å². The highest BCUT2D eigenvalue weighted by molar-refractivity contribution is 5.92. The molecule has 0 spiro atoms. The third-order valence-electron chi connectivity index (χ3n) is 4.19. The summed E-state index contributed by atoms with van der Waals surface area (Å²) in [6, 6.07) is 3.81. The summed E-state index contributed by atoms with van der Waals surface area (Å²) in [6.07, 6.45) is 9.03. The Hall–Kier alpha value is -2.70. The number of ether oxygens (including phenoxy) is 1. The monoisotopic (exact) mass is 328 g/mol. The number of pyridine rings is 1. The van der Waals surface area contributed by atoms with Gasteiger partial charge in [0.25, 0.3) is 5.91 Å². The fourth-order valence-electron chi connectivity index (χ4n) is 2.90. The van der Waals surface area contributed by atoms with E-state index < -0.39 is 5.97 Å². The molecular weight excluding hydrogens is 308 g/mol. The number of nitrogens with one attached hydrogen (secondary N) is 1. The number of hydrogen-bond acceptors (Lipinski definition) is 5. The van der Waals surface area contributed by atoms with Gasteiger partial charge < -0.3 is 10.1 Å². The molecular formula is C17H20N4O3. The Morgan fingerprint density at radius 2 is 2.00 bits per heavy atom. The van der Waals surface area contributed by atoms with Crippen molar-refractivity contribution in [1.82, 2.24) is 20.1 Å². The van der Waals surface area contributed by atoms with Crippen molar-refractivity contribution in [3.05, 3.63) is 42.0 Å². The number of carbonyl (C=O) groups is 2. The van der Waals surface area contributed by atoms with Gasteiger partial charge in [0.1, 0.15) is 5.56 Å².